The average Bonchev–Trinajstić information content (AvgIpc) is 2.79. The highest BCUT2D eigenvalue weighted by molar-refractivity contribution is 6.19. The molecular weight excluding hydrogens is 288 g/mol. The number of aromatic nitrogens is 3. The molecule has 3 aromatic rings. The van der Waals surface area contributed by atoms with Crippen LogP contribution in [0, 0.1) is 0 Å². The summed E-state index contributed by atoms with van der Waals surface area (Å²) in [6.07, 6.45) is 0. The normalized spacial score (nSPS) is 11.0. The molecule has 1 aromatic carbocycles. The fourth-order valence-electron chi connectivity index (χ4n) is 2.56. The fourth-order valence-corrected chi connectivity index (χ4v) is 2.56. The van der Waals surface area contributed by atoms with Crippen LogP contribution in [0.3, 0.4) is 0 Å². The minimum absolute atomic E-state index is 0.0419. The highest BCUT2D eigenvalue weighted by Gasteiger charge is 2.25. The number of carboxylic acids is 1. The zero-order valence-electron chi connectivity index (χ0n) is 11.8. The number of carboxylic acid groups (broad SMARTS) is 1. The Balaban J connectivity index is 2.60. The molecule has 0 fully saturated rings. The van der Waals surface area contributed by atoms with Crippen LogP contribution in [0.25, 0.3) is 21.8 Å². The standard InChI is InChI=1S/C14H12N4O4/c1-18-8-4-3-6(15)5-7(8)9-10(13(19)20)16-17-11(12(9)18)14(21)22-2/h3-5H,15H2,1-2H3,(H,19,20). The number of aromatic carboxylic acids is 1. The third-order valence-electron chi connectivity index (χ3n) is 3.52. The molecule has 3 rings (SSSR count). The number of anilines is 1. The Morgan fingerprint density at radius 1 is 1.27 bits per heavy atom. The summed E-state index contributed by atoms with van der Waals surface area (Å²) in [5, 5.41) is 17.6. The molecule has 0 atom stereocenters. The van der Waals surface area contributed by atoms with Gasteiger partial charge in [0.15, 0.2) is 11.4 Å². The Morgan fingerprint density at radius 3 is 2.59 bits per heavy atom. The SMILES string of the molecule is COC(=O)c1nnc(C(=O)O)c2c3cc(N)ccc3n(C)c12. The van der Waals surface area contributed by atoms with E-state index in [1.807, 2.05) is 0 Å². The van der Waals surface area contributed by atoms with Gasteiger partial charge < -0.3 is 20.1 Å². The van der Waals surface area contributed by atoms with Crippen LogP contribution in [0.15, 0.2) is 18.2 Å². The van der Waals surface area contributed by atoms with Crippen molar-refractivity contribution in [2.45, 2.75) is 0 Å². The summed E-state index contributed by atoms with van der Waals surface area (Å²) in [7, 11) is 2.93. The van der Waals surface area contributed by atoms with Crippen molar-refractivity contribution in [2.75, 3.05) is 12.8 Å². The number of aryl methyl sites for hydroxylation is 1. The Morgan fingerprint density at radius 2 is 1.95 bits per heavy atom. The van der Waals surface area contributed by atoms with E-state index in [9.17, 15) is 14.7 Å². The molecule has 8 nitrogen and oxygen atoms in total. The first-order valence-electron chi connectivity index (χ1n) is 6.31. The van der Waals surface area contributed by atoms with Gasteiger partial charge in [0.1, 0.15) is 0 Å². The van der Waals surface area contributed by atoms with Crippen molar-refractivity contribution < 1.29 is 19.4 Å². The summed E-state index contributed by atoms with van der Waals surface area (Å²) >= 11 is 0. The van der Waals surface area contributed by atoms with E-state index in [-0.39, 0.29) is 11.4 Å². The maximum atomic E-state index is 11.9. The summed E-state index contributed by atoms with van der Waals surface area (Å²) in [5.41, 5.74) is 7.05. The number of ether oxygens (including phenoxy) is 1. The molecule has 0 amide bonds. The predicted octanol–water partition coefficient (Wildman–Crippen LogP) is 1.19. The van der Waals surface area contributed by atoms with Crippen LogP contribution in [-0.2, 0) is 11.8 Å². The molecule has 8 heteroatoms. The molecule has 0 unspecified atom stereocenters. The van der Waals surface area contributed by atoms with E-state index in [1.165, 1.54) is 7.11 Å². The first-order valence-corrected chi connectivity index (χ1v) is 6.31. The lowest BCUT2D eigenvalue weighted by Gasteiger charge is -2.04. The Kier molecular flexibility index (Phi) is 2.94. The second-order valence-electron chi connectivity index (χ2n) is 4.75. The number of nitrogens with two attached hydrogens (primary N) is 1. The minimum Gasteiger partial charge on any atom is -0.476 e. The molecule has 0 saturated carbocycles. The number of methoxy groups -OCH3 is 1. The molecular formula is C14H12N4O4. The summed E-state index contributed by atoms with van der Waals surface area (Å²) in [4.78, 5) is 23.3. The van der Waals surface area contributed by atoms with Gasteiger partial charge in [-0.1, -0.05) is 0 Å². The predicted molar refractivity (Wildman–Crippen MR) is 78.7 cm³/mol. The van der Waals surface area contributed by atoms with E-state index in [0.717, 1.165) is 0 Å². The van der Waals surface area contributed by atoms with E-state index < -0.39 is 11.9 Å². The van der Waals surface area contributed by atoms with Crippen LogP contribution in [-0.4, -0.2) is 38.9 Å². The van der Waals surface area contributed by atoms with Crippen LogP contribution in [0.5, 0.6) is 0 Å². The number of carbonyl (C=O) groups is 2. The third-order valence-corrected chi connectivity index (χ3v) is 3.52. The Hall–Kier alpha value is -3.16. The van der Waals surface area contributed by atoms with Crippen molar-refractivity contribution in [1.29, 1.82) is 0 Å². The molecule has 3 N–H and O–H groups in total. The summed E-state index contributed by atoms with van der Waals surface area (Å²) in [6, 6.07) is 5.09. The van der Waals surface area contributed by atoms with E-state index in [1.54, 1.807) is 29.8 Å². The van der Waals surface area contributed by atoms with Gasteiger partial charge in [0.25, 0.3) is 0 Å². The molecule has 22 heavy (non-hydrogen) atoms. The summed E-state index contributed by atoms with van der Waals surface area (Å²) < 4.78 is 6.37. The van der Waals surface area contributed by atoms with Gasteiger partial charge in [0.05, 0.1) is 12.6 Å². The second kappa shape index (κ2) is 4.69. The van der Waals surface area contributed by atoms with Gasteiger partial charge in [-0.15, -0.1) is 10.2 Å². The second-order valence-corrected chi connectivity index (χ2v) is 4.75. The van der Waals surface area contributed by atoms with Gasteiger partial charge in [-0.3, -0.25) is 0 Å². The number of nitrogens with zero attached hydrogens (tertiary/aromatic N) is 3. The van der Waals surface area contributed by atoms with Crippen molar-refractivity contribution >= 4 is 39.4 Å². The number of carbonyl (C=O) groups excluding carboxylic acids is 1. The molecule has 112 valence electrons. The largest absolute Gasteiger partial charge is 0.476 e. The lowest BCUT2D eigenvalue weighted by Crippen LogP contribution is -2.12. The molecule has 2 aromatic heterocycles. The van der Waals surface area contributed by atoms with Gasteiger partial charge >= 0.3 is 11.9 Å². The number of hydrogen-bond donors (Lipinski definition) is 2. The molecule has 2 heterocycles. The van der Waals surface area contributed by atoms with Gasteiger partial charge in [0.2, 0.25) is 0 Å². The van der Waals surface area contributed by atoms with Crippen LogP contribution >= 0.6 is 0 Å². The quantitative estimate of drug-likeness (QED) is 0.538. The Labute approximate surface area is 124 Å². The van der Waals surface area contributed by atoms with Crippen molar-refractivity contribution in [3.8, 4) is 0 Å². The van der Waals surface area contributed by atoms with Crippen molar-refractivity contribution in [3.63, 3.8) is 0 Å². The molecule has 0 aliphatic carbocycles. The third kappa shape index (κ3) is 1.77. The zero-order valence-corrected chi connectivity index (χ0v) is 11.8. The zero-order chi connectivity index (χ0) is 16.0. The lowest BCUT2D eigenvalue weighted by atomic mass is 10.1. The van der Waals surface area contributed by atoms with Crippen LogP contribution in [0.1, 0.15) is 21.0 Å². The lowest BCUT2D eigenvalue weighted by molar-refractivity contribution is 0.0591. The summed E-state index contributed by atoms with van der Waals surface area (Å²) in [6.45, 7) is 0. The number of rotatable bonds is 2. The molecule has 0 saturated heterocycles. The van der Waals surface area contributed by atoms with E-state index in [4.69, 9.17) is 10.5 Å². The van der Waals surface area contributed by atoms with Crippen molar-refractivity contribution in [1.82, 2.24) is 14.8 Å². The van der Waals surface area contributed by atoms with Crippen molar-refractivity contribution in [3.05, 3.63) is 29.6 Å². The first-order chi connectivity index (χ1) is 10.5. The van der Waals surface area contributed by atoms with Gasteiger partial charge in [-0.05, 0) is 18.2 Å². The van der Waals surface area contributed by atoms with Crippen molar-refractivity contribution in [2.24, 2.45) is 7.05 Å². The molecule has 0 aliphatic heterocycles. The number of esters is 1. The van der Waals surface area contributed by atoms with E-state index >= 15 is 0 Å². The molecule has 0 radical (unpaired) electrons. The number of fused-ring (bicyclic) bond motifs is 3. The molecule has 0 spiro atoms. The van der Waals surface area contributed by atoms with Gasteiger partial charge in [0, 0.05) is 29.0 Å². The van der Waals surface area contributed by atoms with E-state index in [0.29, 0.717) is 27.5 Å². The minimum atomic E-state index is -1.23. The fraction of sp³-hybridized carbons (Fsp3) is 0.143. The molecule has 0 aliphatic rings. The number of nitrogen functional groups attached to an aromatic ring is 1. The van der Waals surface area contributed by atoms with Gasteiger partial charge in [-0.2, -0.15) is 0 Å². The highest BCUT2D eigenvalue weighted by Crippen LogP contribution is 2.32. The smallest absolute Gasteiger partial charge is 0.360 e. The maximum absolute atomic E-state index is 11.9. The topological polar surface area (TPSA) is 120 Å². The van der Waals surface area contributed by atoms with Crippen LogP contribution in [0.4, 0.5) is 5.69 Å². The highest BCUT2D eigenvalue weighted by atomic mass is 16.5. The van der Waals surface area contributed by atoms with Crippen LogP contribution < -0.4 is 5.73 Å². The molecule has 0 bridgehead atoms. The van der Waals surface area contributed by atoms with Crippen LogP contribution in [0.2, 0.25) is 0 Å². The average molecular weight is 300 g/mol. The monoisotopic (exact) mass is 300 g/mol. The van der Waals surface area contributed by atoms with Gasteiger partial charge in [-0.25, -0.2) is 9.59 Å². The summed E-state index contributed by atoms with van der Waals surface area (Å²) in [5.74, 6) is -1.92. The maximum Gasteiger partial charge on any atom is 0.360 e. The first kappa shape index (κ1) is 13.8. The van der Waals surface area contributed by atoms with E-state index in [2.05, 4.69) is 10.2 Å². The number of benzene rings is 1. The number of hydrogen-bond acceptors (Lipinski definition) is 6. The Bertz CT molecular complexity index is 945.